The number of hydrogen-bond donors (Lipinski definition) is 0. The quantitative estimate of drug-likeness (QED) is 0.665. The smallest absolute Gasteiger partial charge is 0.174 e. The largest absolute Gasteiger partial charge is 0.309 e. The van der Waals surface area contributed by atoms with Gasteiger partial charge in [0.25, 0.3) is 0 Å². The zero-order chi connectivity index (χ0) is 8.10. The second-order valence-corrected chi connectivity index (χ2v) is 4.53. The molecule has 0 fully saturated rings. The molecule has 0 atom stereocenters. The first-order chi connectivity index (χ1) is 5.29. The maximum atomic E-state index is 3.93. The van der Waals surface area contributed by atoms with Crippen LogP contribution in [0.1, 0.15) is 0 Å². The van der Waals surface area contributed by atoms with E-state index >= 15 is 0 Å². The molecule has 0 N–H and O–H groups in total. The zero-order valence-electron chi connectivity index (χ0n) is 6.65. The van der Waals surface area contributed by atoms with Gasteiger partial charge in [0, 0.05) is 12.3 Å². The van der Waals surface area contributed by atoms with E-state index in [0.29, 0.717) is 0 Å². The first-order valence-electron chi connectivity index (χ1n) is 3.33. The molecule has 3 nitrogen and oxygen atoms in total. The van der Waals surface area contributed by atoms with Gasteiger partial charge in [-0.05, 0) is 14.1 Å². The van der Waals surface area contributed by atoms with Crippen LogP contribution < -0.4 is 0 Å². The van der Waals surface area contributed by atoms with Crippen LogP contribution >= 0.6 is 23.1 Å². The second kappa shape index (κ2) is 4.69. The lowest BCUT2D eigenvalue weighted by atomic mass is 10.7. The Balaban J connectivity index is 2.14. The van der Waals surface area contributed by atoms with E-state index in [2.05, 4.69) is 29.2 Å². The molecule has 62 valence electrons. The third kappa shape index (κ3) is 3.69. The third-order valence-corrected chi connectivity index (χ3v) is 2.94. The summed E-state index contributed by atoms with van der Waals surface area (Å²) in [4.78, 5) is 2.16. The highest BCUT2D eigenvalue weighted by Crippen LogP contribution is 2.17. The van der Waals surface area contributed by atoms with E-state index in [9.17, 15) is 0 Å². The van der Waals surface area contributed by atoms with Crippen LogP contribution in [-0.2, 0) is 0 Å². The van der Waals surface area contributed by atoms with Crippen LogP contribution in [0.5, 0.6) is 0 Å². The normalized spacial score (nSPS) is 10.8. The summed E-state index contributed by atoms with van der Waals surface area (Å²) in [5.41, 5.74) is 1.76. The minimum atomic E-state index is 1.06. The zero-order valence-corrected chi connectivity index (χ0v) is 8.28. The van der Waals surface area contributed by atoms with Crippen LogP contribution in [0, 0.1) is 0 Å². The van der Waals surface area contributed by atoms with Gasteiger partial charge in [-0.1, -0.05) is 23.1 Å². The summed E-state index contributed by atoms with van der Waals surface area (Å²) >= 11 is 3.36. The fraction of sp³-hybridized carbons (Fsp3) is 0.667. The standard InChI is InChI=1S/C6H11N3S2/c1-9(2)3-4-10-6-8-7-5-11-6/h5H,3-4H2,1-2H3. The summed E-state index contributed by atoms with van der Waals surface area (Å²) in [6, 6.07) is 0. The summed E-state index contributed by atoms with van der Waals surface area (Å²) in [7, 11) is 4.14. The predicted molar refractivity (Wildman–Crippen MR) is 49.2 cm³/mol. The Labute approximate surface area is 74.8 Å². The fourth-order valence-corrected chi connectivity index (χ4v) is 2.21. The number of hydrogen-bond acceptors (Lipinski definition) is 5. The van der Waals surface area contributed by atoms with Crippen molar-refractivity contribution in [2.45, 2.75) is 4.34 Å². The molecule has 0 saturated heterocycles. The lowest BCUT2D eigenvalue weighted by Gasteiger charge is -2.06. The highest BCUT2D eigenvalue weighted by molar-refractivity contribution is 8.01. The molecule has 1 rings (SSSR count). The molecule has 0 aliphatic carbocycles. The van der Waals surface area contributed by atoms with Gasteiger partial charge in [-0.15, -0.1) is 10.2 Å². The topological polar surface area (TPSA) is 29.0 Å². The Morgan fingerprint density at radius 3 is 3.00 bits per heavy atom. The van der Waals surface area contributed by atoms with Gasteiger partial charge in [-0.3, -0.25) is 0 Å². The van der Waals surface area contributed by atoms with E-state index in [1.54, 1.807) is 28.6 Å². The first-order valence-corrected chi connectivity index (χ1v) is 5.19. The van der Waals surface area contributed by atoms with Crippen molar-refractivity contribution in [1.82, 2.24) is 15.1 Å². The molecule has 1 aromatic rings. The molecule has 0 spiro atoms. The van der Waals surface area contributed by atoms with Crippen molar-refractivity contribution < 1.29 is 0 Å². The van der Waals surface area contributed by atoms with Crippen LogP contribution in [0.4, 0.5) is 0 Å². The maximum absolute atomic E-state index is 3.93. The predicted octanol–water partition coefficient (Wildman–Crippen LogP) is 1.19. The second-order valence-electron chi connectivity index (χ2n) is 2.36. The van der Waals surface area contributed by atoms with Gasteiger partial charge >= 0.3 is 0 Å². The highest BCUT2D eigenvalue weighted by atomic mass is 32.2. The highest BCUT2D eigenvalue weighted by Gasteiger charge is 1.96. The van der Waals surface area contributed by atoms with Gasteiger partial charge in [-0.25, -0.2) is 0 Å². The number of thioether (sulfide) groups is 1. The number of nitrogens with zero attached hydrogens (tertiary/aromatic N) is 3. The van der Waals surface area contributed by atoms with E-state index in [4.69, 9.17) is 0 Å². The van der Waals surface area contributed by atoms with Crippen LogP contribution in [0.2, 0.25) is 0 Å². The van der Waals surface area contributed by atoms with Gasteiger partial charge in [0.1, 0.15) is 5.51 Å². The van der Waals surface area contributed by atoms with Crippen molar-refractivity contribution >= 4 is 23.1 Å². The molecular weight excluding hydrogens is 178 g/mol. The molecule has 0 unspecified atom stereocenters. The van der Waals surface area contributed by atoms with Crippen LogP contribution in [0.25, 0.3) is 0 Å². The van der Waals surface area contributed by atoms with Gasteiger partial charge in [0.05, 0.1) is 0 Å². The minimum Gasteiger partial charge on any atom is -0.309 e. The Hall–Kier alpha value is -0.130. The molecule has 0 bridgehead atoms. The molecule has 0 saturated carbocycles. The average Bonchev–Trinajstić information content (AvgIpc) is 2.39. The van der Waals surface area contributed by atoms with E-state index < -0.39 is 0 Å². The van der Waals surface area contributed by atoms with E-state index in [-0.39, 0.29) is 0 Å². The van der Waals surface area contributed by atoms with Crippen LogP contribution in [0.3, 0.4) is 0 Å². The molecule has 0 amide bonds. The van der Waals surface area contributed by atoms with Crippen molar-refractivity contribution in [2.24, 2.45) is 0 Å². The van der Waals surface area contributed by atoms with Gasteiger partial charge in [-0.2, -0.15) is 0 Å². The Bertz CT molecular complexity index is 186. The monoisotopic (exact) mass is 189 g/mol. The molecule has 0 aromatic carbocycles. The van der Waals surface area contributed by atoms with Gasteiger partial charge in [0.2, 0.25) is 0 Å². The van der Waals surface area contributed by atoms with E-state index in [0.717, 1.165) is 16.6 Å². The maximum Gasteiger partial charge on any atom is 0.174 e. The lowest BCUT2D eigenvalue weighted by molar-refractivity contribution is 0.437. The molecule has 5 heteroatoms. The van der Waals surface area contributed by atoms with Gasteiger partial charge < -0.3 is 4.90 Å². The summed E-state index contributed by atoms with van der Waals surface area (Å²) in [5.74, 6) is 1.09. The Morgan fingerprint density at radius 1 is 1.64 bits per heavy atom. The molecule has 11 heavy (non-hydrogen) atoms. The summed E-state index contributed by atoms with van der Waals surface area (Å²) in [6.45, 7) is 1.09. The summed E-state index contributed by atoms with van der Waals surface area (Å²) < 4.78 is 1.06. The van der Waals surface area contributed by atoms with Crippen molar-refractivity contribution in [3.8, 4) is 0 Å². The SMILES string of the molecule is CN(C)CCSc1nncs1. The lowest BCUT2D eigenvalue weighted by Crippen LogP contribution is -2.14. The number of aromatic nitrogens is 2. The summed E-state index contributed by atoms with van der Waals surface area (Å²) in [5, 5.41) is 7.68. The summed E-state index contributed by atoms with van der Waals surface area (Å²) in [6.07, 6.45) is 0. The van der Waals surface area contributed by atoms with Gasteiger partial charge in [0.15, 0.2) is 4.34 Å². The van der Waals surface area contributed by atoms with Crippen molar-refractivity contribution in [3.63, 3.8) is 0 Å². The van der Waals surface area contributed by atoms with Crippen LogP contribution in [0.15, 0.2) is 9.85 Å². The molecular formula is C6H11N3S2. The van der Waals surface area contributed by atoms with Crippen molar-refractivity contribution in [3.05, 3.63) is 5.51 Å². The van der Waals surface area contributed by atoms with Crippen LogP contribution in [-0.4, -0.2) is 41.5 Å². The Morgan fingerprint density at radius 2 is 2.45 bits per heavy atom. The Kier molecular flexibility index (Phi) is 3.82. The van der Waals surface area contributed by atoms with Crippen molar-refractivity contribution in [1.29, 1.82) is 0 Å². The molecule has 0 aliphatic heterocycles. The number of rotatable bonds is 4. The molecule has 1 heterocycles. The first kappa shape index (κ1) is 8.96. The molecule has 0 radical (unpaired) electrons. The molecule has 0 aliphatic rings. The average molecular weight is 189 g/mol. The van der Waals surface area contributed by atoms with E-state index in [1.807, 2.05) is 0 Å². The van der Waals surface area contributed by atoms with Crippen molar-refractivity contribution in [2.75, 3.05) is 26.4 Å². The molecule has 1 aromatic heterocycles. The van der Waals surface area contributed by atoms with E-state index in [1.165, 1.54) is 0 Å². The minimum absolute atomic E-state index is 1.06. The third-order valence-electron chi connectivity index (χ3n) is 1.10. The fourth-order valence-electron chi connectivity index (χ4n) is 0.541.